The summed E-state index contributed by atoms with van der Waals surface area (Å²) < 4.78 is 11.3. The van der Waals surface area contributed by atoms with Crippen LogP contribution < -0.4 is 10.2 Å². The number of hydrogen-bond donors (Lipinski definition) is 4. The van der Waals surface area contributed by atoms with Gasteiger partial charge in [0, 0.05) is 24.3 Å². The van der Waals surface area contributed by atoms with Crippen LogP contribution in [0.5, 0.6) is 23.0 Å². The highest BCUT2D eigenvalue weighted by atomic mass is 16.5. The van der Waals surface area contributed by atoms with E-state index in [0.29, 0.717) is 36.0 Å². The van der Waals surface area contributed by atoms with Gasteiger partial charge in [0.25, 0.3) is 0 Å². The quantitative estimate of drug-likeness (QED) is 0.366. The Morgan fingerprint density at radius 2 is 1.82 bits per heavy atom. The number of phenols is 3. The molecule has 7 nitrogen and oxygen atoms in total. The fourth-order valence-electron chi connectivity index (χ4n) is 3.69. The highest BCUT2D eigenvalue weighted by Gasteiger charge is 2.22. The van der Waals surface area contributed by atoms with Gasteiger partial charge in [-0.15, -0.1) is 0 Å². The molecule has 0 amide bonds. The van der Waals surface area contributed by atoms with Gasteiger partial charge in [0.2, 0.25) is 11.2 Å². The summed E-state index contributed by atoms with van der Waals surface area (Å²) in [5, 5.41) is 40.2. The summed E-state index contributed by atoms with van der Waals surface area (Å²) in [4.78, 5) is 13.1. The van der Waals surface area contributed by atoms with E-state index >= 15 is 0 Å². The van der Waals surface area contributed by atoms with Gasteiger partial charge >= 0.3 is 0 Å². The Balaban J connectivity index is 2.26. The fraction of sp³-hybridized carbons (Fsp3) is 0.346. The van der Waals surface area contributed by atoms with E-state index in [1.807, 2.05) is 26.8 Å². The molecule has 1 aromatic heterocycles. The van der Waals surface area contributed by atoms with Crippen molar-refractivity contribution < 1.29 is 29.6 Å². The van der Waals surface area contributed by atoms with Crippen molar-refractivity contribution in [3.05, 3.63) is 57.3 Å². The van der Waals surface area contributed by atoms with Gasteiger partial charge in [-0.2, -0.15) is 0 Å². The first-order chi connectivity index (χ1) is 15.7. The highest BCUT2D eigenvalue weighted by Crippen LogP contribution is 2.38. The molecule has 1 atom stereocenters. The summed E-state index contributed by atoms with van der Waals surface area (Å²) in [6, 6.07) is 5.80. The van der Waals surface area contributed by atoms with Crippen molar-refractivity contribution in [3.63, 3.8) is 0 Å². The third kappa shape index (κ3) is 5.14. The minimum absolute atomic E-state index is 0.0164. The molecule has 3 aromatic rings. The number of ether oxygens (including phenoxy) is 1. The number of fused-ring (bicyclic) bond motifs is 1. The normalized spacial score (nSPS) is 12.0. The zero-order chi connectivity index (χ0) is 24.3. The summed E-state index contributed by atoms with van der Waals surface area (Å²) in [7, 11) is 1.34. The molecule has 1 heterocycles. The van der Waals surface area contributed by atoms with E-state index in [0.717, 1.165) is 11.6 Å². The number of aryl methyl sites for hydroxylation is 1. The molecule has 3 rings (SSSR count). The standard InChI is InChI=1S/C26H30O7/c1-14(2)5-7-16-9-18(10-17(23(16)30)8-6-15(3)13-27)25-26(32-4)24(31)22-20(29)11-19(28)12-21(22)33-25/h5,9-12,15,27-30H,6-8,13H2,1-4H3/t15-/m1/s1. The van der Waals surface area contributed by atoms with Crippen molar-refractivity contribution in [1.82, 2.24) is 0 Å². The number of methoxy groups -OCH3 is 1. The fourth-order valence-corrected chi connectivity index (χ4v) is 3.69. The van der Waals surface area contributed by atoms with Gasteiger partial charge in [-0.1, -0.05) is 18.6 Å². The van der Waals surface area contributed by atoms with Crippen LogP contribution in [-0.4, -0.2) is 34.1 Å². The van der Waals surface area contributed by atoms with Crippen LogP contribution in [0.1, 0.15) is 38.3 Å². The van der Waals surface area contributed by atoms with Gasteiger partial charge in [-0.3, -0.25) is 4.79 Å². The lowest BCUT2D eigenvalue weighted by molar-refractivity contribution is 0.230. The van der Waals surface area contributed by atoms with Crippen LogP contribution in [0, 0.1) is 5.92 Å². The zero-order valence-corrected chi connectivity index (χ0v) is 19.3. The van der Waals surface area contributed by atoms with E-state index in [-0.39, 0.29) is 46.5 Å². The summed E-state index contributed by atoms with van der Waals surface area (Å²) in [5.41, 5.74) is 2.38. The molecule has 0 fully saturated rings. The molecular formula is C26H30O7. The maximum absolute atomic E-state index is 13.1. The van der Waals surface area contributed by atoms with Crippen LogP contribution in [0.3, 0.4) is 0 Å². The summed E-state index contributed by atoms with van der Waals surface area (Å²) >= 11 is 0. The highest BCUT2D eigenvalue weighted by molar-refractivity contribution is 5.88. The number of aliphatic hydroxyl groups excluding tert-OH is 1. The van der Waals surface area contributed by atoms with E-state index in [1.165, 1.54) is 13.2 Å². The van der Waals surface area contributed by atoms with Crippen LogP contribution in [0.4, 0.5) is 0 Å². The Kier molecular flexibility index (Phi) is 7.33. The molecule has 0 radical (unpaired) electrons. The number of hydrogen-bond acceptors (Lipinski definition) is 7. The molecule has 4 N–H and O–H groups in total. The van der Waals surface area contributed by atoms with Crippen LogP contribution in [0.25, 0.3) is 22.3 Å². The molecule has 0 aliphatic carbocycles. The van der Waals surface area contributed by atoms with Gasteiger partial charge in [-0.05, 0) is 62.3 Å². The SMILES string of the molecule is COc1c(-c2cc(CC=C(C)C)c(O)c(CC[C@@H](C)CO)c2)oc2cc(O)cc(O)c2c1=O. The molecule has 0 aliphatic rings. The third-order valence-corrected chi connectivity index (χ3v) is 5.60. The Morgan fingerprint density at radius 3 is 2.45 bits per heavy atom. The second-order valence-electron chi connectivity index (χ2n) is 8.59. The Hall–Kier alpha value is -3.45. The predicted octanol–water partition coefficient (Wildman–Crippen LogP) is 4.66. The molecular weight excluding hydrogens is 424 g/mol. The molecule has 0 saturated heterocycles. The topological polar surface area (TPSA) is 120 Å². The molecule has 176 valence electrons. The number of phenolic OH excluding ortho intramolecular Hbond substituents is 3. The van der Waals surface area contributed by atoms with Gasteiger partial charge in [-0.25, -0.2) is 0 Å². The number of allylic oxidation sites excluding steroid dienone is 2. The van der Waals surface area contributed by atoms with E-state index in [4.69, 9.17) is 9.15 Å². The maximum Gasteiger partial charge on any atom is 0.239 e. The molecule has 0 unspecified atom stereocenters. The number of rotatable bonds is 8. The zero-order valence-electron chi connectivity index (χ0n) is 19.3. The first-order valence-corrected chi connectivity index (χ1v) is 10.8. The molecule has 7 heteroatoms. The summed E-state index contributed by atoms with van der Waals surface area (Å²) in [5.74, 6) is -0.371. The molecule has 0 saturated carbocycles. The van der Waals surface area contributed by atoms with Crippen molar-refractivity contribution in [2.75, 3.05) is 13.7 Å². The van der Waals surface area contributed by atoms with Gasteiger partial charge in [0.1, 0.15) is 28.2 Å². The third-order valence-electron chi connectivity index (χ3n) is 5.60. The Bertz CT molecular complexity index is 1250. The summed E-state index contributed by atoms with van der Waals surface area (Å²) in [6.45, 7) is 5.91. The van der Waals surface area contributed by atoms with E-state index in [1.54, 1.807) is 12.1 Å². The minimum atomic E-state index is -0.569. The largest absolute Gasteiger partial charge is 0.508 e. The van der Waals surface area contributed by atoms with Gasteiger partial charge in [0.05, 0.1) is 7.11 Å². The van der Waals surface area contributed by atoms with Gasteiger partial charge in [0.15, 0.2) is 5.76 Å². The lowest BCUT2D eigenvalue weighted by Crippen LogP contribution is -2.08. The lowest BCUT2D eigenvalue weighted by Gasteiger charge is -2.16. The predicted molar refractivity (Wildman–Crippen MR) is 127 cm³/mol. The average Bonchev–Trinajstić information content (AvgIpc) is 2.76. The minimum Gasteiger partial charge on any atom is -0.508 e. The van der Waals surface area contributed by atoms with Crippen molar-refractivity contribution in [2.45, 2.75) is 40.0 Å². The lowest BCUT2D eigenvalue weighted by atomic mass is 9.94. The molecule has 2 aromatic carbocycles. The maximum atomic E-state index is 13.1. The van der Waals surface area contributed by atoms with Crippen LogP contribution in [0.15, 0.2) is 45.1 Å². The molecule has 0 aliphatic heterocycles. The van der Waals surface area contributed by atoms with Crippen molar-refractivity contribution in [1.29, 1.82) is 0 Å². The molecule has 33 heavy (non-hydrogen) atoms. The molecule has 0 bridgehead atoms. The Labute approximate surface area is 192 Å². The van der Waals surface area contributed by atoms with Crippen molar-refractivity contribution in [2.24, 2.45) is 5.92 Å². The van der Waals surface area contributed by atoms with Crippen molar-refractivity contribution in [3.8, 4) is 34.3 Å². The first kappa shape index (κ1) is 24.2. The van der Waals surface area contributed by atoms with E-state index in [2.05, 4.69) is 0 Å². The molecule has 0 spiro atoms. The number of aromatic hydroxyl groups is 3. The Morgan fingerprint density at radius 1 is 1.12 bits per heavy atom. The van der Waals surface area contributed by atoms with E-state index in [9.17, 15) is 25.2 Å². The first-order valence-electron chi connectivity index (χ1n) is 10.8. The van der Waals surface area contributed by atoms with E-state index < -0.39 is 11.2 Å². The number of benzene rings is 2. The van der Waals surface area contributed by atoms with Crippen molar-refractivity contribution >= 4 is 11.0 Å². The average molecular weight is 455 g/mol. The second-order valence-corrected chi connectivity index (χ2v) is 8.59. The summed E-state index contributed by atoms with van der Waals surface area (Å²) in [6.07, 6.45) is 3.65. The second kappa shape index (κ2) is 10.0. The smallest absolute Gasteiger partial charge is 0.239 e. The van der Waals surface area contributed by atoms with Gasteiger partial charge < -0.3 is 29.6 Å². The van der Waals surface area contributed by atoms with Crippen LogP contribution >= 0.6 is 0 Å². The van der Waals surface area contributed by atoms with Crippen LogP contribution in [0.2, 0.25) is 0 Å². The monoisotopic (exact) mass is 454 g/mol. The van der Waals surface area contributed by atoms with Crippen LogP contribution in [-0.2, 0) is 12.8 Å². The number of aliphatic hydroxyl groups is 1.